The van der Waals surface area contributed by atoms with Gasteiger partial charge in [0.15, 0.2) is 0 Å². The Labute approximate surface area is 117 Å². The first-order chi connectivity index (χ1) is 9.06. The zero-order valence-electron chi connectivity index (χ0n) is 11.4. The molecule has 100 valence electrons. The lowest BCUT2D eigenvalue weighted by Gasteiger charge is -1.96. The molecule has 0 amide bonds. The highest BCUT2D eigenvalue weighted by Crippen LogP contribution is 2.24. The molecule has 3 nitrogen and oxygen atoms in total. The summed E-state index contributed by atoms with van der Waals surface area (Å²) in [4.78, 5) is 15.4. The number of nitrogens with zero attached hydrogens (tertiary/aromatic N) is 1. The van der Waals surface area contributed by atoms with Crippen molar-refractivity contribution >= 4 is 17.5 Å². The van der Waals surface area contributed by atoms with Crippen molar-refractivity contribution in [3.63, 3.8) is 0 Å². The zero-order chi connectivity index (χ0) is 13.8. The van der Waals surface area contributed by atoms with Crippen LogP contribution in [0, 0.1) is 13.8 Å². The number of Topliss-reactive ketones (excluding diaryl/α,β-unsaturated/α-hetero) is 1. The van der Waals surface area contributed by atoms with Crippen molar-refractivity contribution in [2.75, 3.05) is 5.75 Å². The number of carbonyl (C=O) groups is 1. The van der Waals surface area contributed by atoms with E-state index in [-0.39, 0.29) is 5.78 Å². The second-order valence-electron chi connectivity index (χ2n) is 4.58. The lowest BCUT2D eigenvalue weighted by atomic mass is 10.1. The van der Waals surface area contributed by atoms with Gasteiger partial charge in [-0.15, -0.1) is 11.8 Å². The summed E-state index contributed by atoms with van der Waals surface area (Å²) in [5.74, 6) is 2.89. The molecule has 0 unspecified atom stereocenters. The monoisotopic (exact) mass is 275 g/mol. The molecule has 0 saturated heterocycles. The Balaban J connectivity index is 2.12. The van der Waals surface area contributed by atoms with Gasteiger partial charge in [-0.25, -0.2) is 4.98 Å². The van der Waals surface area contributed by atoms with Crippen LogP contribution in [0.1, 0.15) is 23.9 Å². The Morgan fingerprint density at radius 3 is 2.58 bits per heavy atom. The van der Waals surface area contributed by atoms with Crippen LogP contribution >= 0.6 is 11.8 Å². The molecule has 1 aromatic carbocycles. The average Bonchev–Trinajstić information content (AvgIpc) is 2.71. The zero-order valence-corrected chi connectivity index (χ0v) is 12.2. The quantitative estimate of drug-likeness (QED) is 0.833. The smallest absolute Gasteiger partial charge is 0.226 e. The van der Waals surface area contributed by atoms with Crippen molar-refractivity contribution in [2.24, 2.45) is 0 Å². The number of thioether (sulfide) groups is 1. The van der Waals surface area contributed by atoms with Gasteiger partial charge in [0.1, 0.15) is 11.5 Å². The van der Waals surface area contributed by atoms with E-state index in [1.54, 1.807) is 18.7 Å². The highest BCUT2D eigenvalue weighted by atomic mass is 32.2. The minimum atomic E-state index is 0.185. The molecule has 0 aliphatic heterocycles. The van der Waals surface area contributed by atoms with Crippen molar-refractivity contribution in [3.05, 3.63) is 41.3 Å². The first-order valence-corrected chi connectivity index (χ1v) is 7.32. The number of aromatic nitrogens is 1. The fourth-order valence-electron chi connectivity index (χ4n) is 1.67. The number of rotatable bonds is 5. The van der Waals surface area contributed by atoms with E-state index in [0.29, 0.717) is 17.4 Å². The van der Waals surface area contributed by atoms with E-state index in [4.69, 9.17) is 4.42 Å². The third-order valence-electron chi connectivity index (χ3n) is 2.74. The predicted molar refractivity (Wildman–Crippen MR) is 78.3 cm³/mol. The molecule has 0 atom stereocenters. The molecule has 19 heavy (non-hydrogen) atoms. The van der Waals surface area contributed by atoms with Gasteiger partial charge in [0, 0.05) is 11.3 Å². The van der Waals surface area contributed by atoms with Gasteiger partial charge in [-0.1, -0.05) is 17.7 Å². The molecule has 0 N–H and O–H groups in total. The molecule has 0 fully saturated rings. The number of benzene rings is 1. The van der Waals surface area contributed by atoms with E-state index in [1.807, 2.05) is 31.2 Å². The van der Waals surface area contributed by atoms with Gasteiger partial charge in [-0.3, -0.25) is 4.79 Å². The van der Waals surface area contributed by atoms with E-state index < -0.39 is 0 Å². The predicted octanol–water partition coefficient (Wildman–Crippen LogP) is 3.78. The third kappa shape index (κ3) is 3.70. The van der Waals surface area contributed by atoms with Crippen molar-refractivity contribution < 1.29 is 9.21 Å². The summed E-state index contributed by atoms with van der Waals surface area (Å²) in [7, 11) is 0. The van der Waals surface area contributed by atoms with Gasteiger partial charge in [0.2, 0.25) is 5.89 Å². The largest absolute Gasteiger partial charge is 0.441 e. The average molecular weight is 275 g/mol. The Hall–Kier alpha value is -1.55. The van der Waals surface area contributed by atoms with Gasteiger partial charge in [0.05, 0.1) is 11.4 Å². The Morgan fingerprint density at radius 1 is 1.26 bits per heavy atom. The maximum Gasteiger partial charge on any atom is 0.226 e. The molecule has 0 bridgehead atoms. The standard InChI is InChI=1S/C15H17NO2S/c1-10-4-6-13(7-5-10)15-16-14(12(3)18-15)9-19-8-11(2)17/h4-7H,8-9H2,1-3H3. The van der Waals surface area contributed by atoms with Crippen molar-refractivity contribution in [1.29, 1.82) is 0 Å². The summed E-state index contributed by atoms with van der Waals surface area (Å²) >= 11 is 1.57. The minimum absolute atomic E-state index is 0.185. The van der Waals surface area contributed by atoms with Crippen LogP contribution in [0.15, 0.2) is 28.7 Å². The first kappa shape index (κ1) is 13.9. The van der Waals surface area contributed by atoms with Crippen LogP contribution in [-0.2, 0) is 10.5 Å². The molecule has 0 aliphatic carbocycles. The summed E-state index contributed by atoms with van der Waals surface area (Å²) in [6.45, 7) is 5.56. The number of carbonyl (C=O) groups excluding carboxylic acids is 1. The van der Waals surface area contributed by atoms with Crippen LogP contribution in [0.2, 0.25) is 0 Å². The number of hydrogen-bond acceptors (Lipinski definition) is 4. The summed E-state index contributed by atoms with van der Waals surface area (Å²) in [6, 6.07) is 8.10. The van der Waals surface area contributed by atoms with Gasteiger partial charge >= 0.3 is 0 Å². The van der Waals surface area contributed by atoms with E-state index in [0.717, 1.165) is 17.0 Å². The minimum Gasteiger partial charge on any atom is -0.441 e. The second kappa shape index (κ2) is 6.06. The number of oxazole rings is 1. The first-order valence-electron chi connectivity index (χ1n) is 6.17. The van der Waals surface area contributed by atoms with E-state index >= 15 is 0 Å². The van der Waals surface area contributed by atoms with Crippen molar-refractivity contribution in [2.45, 2.75) is 26.5 Å². The van der Waals surface area contributed by atoms with E-state index in [1.165, 1.54) is 5.56 Å². The molecule has 0 aliphatic rings. The summed E-state index contributed by atoms with van der Waals surface area (Å²) in [5, 5.41) is 0. The van der Waals surface area contributed by atoms with Gasteiger partial charge in [-0.2, -0.15) is 0 Å². The molecule has 0 radical (unpaired) electrons. The topological polar surface area (TPSA) is 43.1 Å². The van der Waals surface area contributed by atoms with Crippen LogP contribution in [-0.4, -0.2) is 16.5 Å². The van der Waals surface area contributed by atoms with E-state index in [9.17, 15) is 4.79 Å². The molecule has 1 heterocycles. The fraction of sp³-hybridized carbons (Fsp3) is 0.333. The second-order valence-corrected chi connectivity index (χ2v) is 5.57. The summed E-state index contributed by atoms with van der Waals surface area (Å²) in [5.41, 5.74) is 3.11. The lowest BCUT2D eigenvalue weighted by molar-refractivity contribution is -0.114. The highest BCUT2D eigenvalue weighted by molar-refractivity contribution is 7.99. The van der Waals surface area contributed by atoms with Crippen LogP contribution in [0.5, 0.6) is 0 Å². The Kier molecular flexibility index (Phi) is 4.43. The van der Waals surface area contributed by atoms with Gasteiger partial charge in [-0.05, 0) is 32.9 Å². The van der Waals surface area contributed by atoms with Crippen molar-refractivity contribution in [3.8, 4) is 11.5 Å². The third-order valence-corrected chi connectivity index (χ3v) is 3.82. The number of aryl methyl sites for hydroxylation is 2. The van der Waals surface area contributed by atoms with Gasteiger partial charge in [0.25, 0.3) is 0 Å². The summed E-state index contributed by atoms with van der Waals surface area (Å²) < 4.78 is 5.69. The lowest BCUT2D eigenvalue weighted by Crippen LogP contribution is -1.94. The van der Waals surface area contributed by atoms with Crippen LogP contribution in [0.25, 0.3) is 11.5 Å². The fourth-order valence-corrected chi connectivity index (χ4v) is 2.52. The number of hydrogen-bond donors (Lipinski definition) is 0. The molecule has 1 aromatic heterocycles. The summed E-state index contributed by atoms with van der Waals surface area (Å²) in [6.07, 6.45) is 0. The highest BCUT2D eigenvalue weighted by Gasteiger charge is 2.11. The molecule has 4 heteroatoms. The molecule has 0 spiro atoms. The van der Waals surface area contributed by atoms with E-state index in [2.05, 4.69) is 11.9 Å². The maximum absolute atomic E-state index is 10.9. The van der Waals surface area contributed by atoms with Gasteiger partial charge < -0.3 is 4.42 Å². The normalized spacial score (nSPS) is 10.7. The maximum atomic E-state index is 10.9. The molecule has 2 aromatic rings. The van der Waals surface area contributed by atoms with Crippen LogP contribution in [0.3, 0.4) is 0 Å². The SMILES string of the molecule is CC(=O)CSCc1nc(-c2ccc(C)cc2)oc1C. The molecule has 0 saturated carbocycles. The molecular weight excluding hydrogens is 258 g/mol. The Bertz CT molecular complexity index is 572. The van der Waals surface area contributed by atoms with Crippen molar-refractivity contribution in [1.82, 2.24) is 4.98 Å². The van der Waals surface area contributed by atoms with Crippen LogP contribution in [0.4, 0.5) is 0 Å². The van der Waals surface area contributed by atoms with Crippen LogP contribution < -0.4 is 0 Å². The molecule has 2 rings (SSSR count). The Morgan fingerprint density at radius 2 is 1.95 bits per heavy atom. The number of ketones is 1. The molecular formula is C15H17NO2S.